The number of guanidine groups is 1. The van der Waals surface area contributed by atoms with Gasteiger partial charge in [-0.3, -0.25) is 0 Å². The van der Waals surface area contributed by atoms with Crippen LogP contribution in [0.4, 0.5) is 0 Å². The van der Waals surface area contributed by atoms with E-state index < -0.39 is 0 Å². The molecule has 1 aliphatic rings. The van der Waals surface area contributed by atoms with E-state index >= 15 is 0 Å². The fourth-order valence-electron chi connectivity index (χ4n) is 2.86. The minimum Gasteiger partial charge on any atom is -0.379 e. The Labute approximate surface area is 163 Å². The molecule has 27 heavy (non-hydrogen) atoms. The smallest absolute Gasteiger partial charge is 0.191 e. The highest BCUT2D eigenvalue weighted by atomic mass is 16.5. The normalized spacial score (nSPS) is 17.3. The maximum Gasteiger partial charge on any atom is 0.191 e. The molecular weight excluding hydrogens is 342 g/mol. The van der Waals surface area contributed by atoms with Crippen molar-refractivity contribution in [2.24, 2.45) is 4.99 Å². The molecular formula is C21H35N3O3. The first-order valence-corrected chi connectivity index (χ1v) is 10.2. The van der Waals surface area contributed by atoms with E-state index in [9.17, 15) is 0 Å². The lowest BCUT2D eigenvalue weighted by atomic mass is 10.1. The van der Waals surface area contributed by atoms with Crippen LogP contribution < -0.4 is 10.6 Å². The molecule has 6 nitrogen and oxygen atoms in total. The van der Waals surface area contributed by atoms with E-state index in [0.29, 0.717) is 13.2 Å². The van der Waals surface area contributed by atoms with Crippen LogP contribution in [0.5, 0.6) is 0 Å². The molecule has 2 N–H and O–H groups in total. The summed E-state index contributed by atoms with van der Waals surface area (Å²) >= 11 is 0. The van der Waals surface area contributed by atoms with Crippen molar-refractivity contribution in [2.75, 3.05) is 39.5 Å². The fraction of sp³-hybridized carbons (Fsp3) is 0.667. The van der Waals surface area contributed by atoms with E-state index in [1.165, 1.54) is 11.1 Å². The lowest BCUT2D eigenvalue weighted by Gasteiger charge is -2.13. The number of ether oxygens (including phenoxy) is 3. The molecule has 1 fully saturated rings. The quantitative estimate of drug-likeness (QED) is 0.333. The van der Waals surface area contributed by atoms with Crippen LogP contribution in [0, 0.1) is 0 Å². The Morgan fingerprint density at radius 1 is 1.19 bits per heavy atom. The average molecular weight is 378 g/mol. The summed E-state index contributed by atoms with van der Waals surface area (Å²) in [5, 5.41) is 6.69. The van der Waals surface area contributed by atoms with Gasteiger partial charge in [0.2, 0.25) is 0 Å². The molecule has 1 unspecified atom stereocenters. The van der Waals surface area contributed by atoms with Crippen molar-refractivity contribution < 1.29 is 14.2 Å². The van der Waals surface area contributed by atoms with E-state index in [1.54, 1.807) is 0 Å². The molecule has 1 atom stereocenters. The summed E-state index contributed by atoms with van der Waals surface area (Å²) in [6.07, 6.45) is 3.27. The van der Waals surface area contributed by atoms with Crippen LogP contribution in [0.15, 0.2) is 29.3 Å². The van der Waals surface area contributed by atoms with E-state index in [1.807, 2.05) is 0 Å². The fourth-order valence-corrected chi connectivity index (χ4v) is 2.86. The molecule has 1 aromatic carbocycles. The summed E-state index contributed by atoms with van der Waals surface area (Å²) in [4.78, 5) is 4.73. The minimum atomic E-state index is 0.276. The lowest BCUT2D eigenvalue weighted by Crippen LogP contribution is -2.38. The van der Waals surface area contributed by atoms with Gasteiger partial charge in [0.05, 0.1) is 25.9 Å². The van der Waals surface area contributed by atoms with Crippen molar-refractivity contribution >= 4 is 5.96 Å². The predicted molar refractivity (Wildman–Crippen MR) is 109 cm³/mol. The van der Waals surface area contributed by atoms with Gasteiger partial charge < -0.3 is 24.8 Å². The third kappa shape index (κ3) is 8.73. The van der Waals surface area contributed by atoms with Gasteiger partial charge in [0.1, 0.15) is 0 Å². The van der Waals surface area contributed by atoms with Gasteiger partial charge in [0.25, 0.3) is 0 Å². The highest BCUT2D eigenvalue weighted by Gasteiger charge is 2.15. The second kappa shape index (κ2) is 13.5. The molecule has 0 aliphatic carbocycles. The molecule has 0 radical (unpaired) electrons. The summed E-state index contributed by atoms with van der Waals surface area (Å²) < 4.78 is 16.8. The van der Waals surface area contributed by atoms with Gasteiger partial charge in [0.15, 0.2) is 5.96 Å². The molecule has 0 bridgehead atoms. The predicted octanol–water partition coefficient (Wildman–Crippen LogP) is 2.86. The number of aliphatic imine (C=N–C) groups is 1. The molecule has 0 saturated carbocycles. The van der Waals surface area contributed by atoms with Crippen LogP contribution in [-0.2, 0) is 27.4 Å². The molecule has 1 saturated heterocycles. The van der Waals surface area contributed by atoms with Crippen molar-refractivity contribution in [3.8, 4) is 0 Å². The van der Waals surface area contributed by atoms with Crippen molar-refractivity contribution in [2.45, 2.75) is 52.4 Å². The largest absolute Gasteiger partial charge is 0.379 e. The molecule has 0 spiro atoms. The number of hydrogen-bond acceptors (Lipinski definition) is 4. The SMILES string of the molecule is CCCOCc1ccccc1CN=C(NCC)NCCCOC1CCOC1. The third-order valence-corrected chi connectivity index (χ3v) is 4.33. The standard InChI is InChI=1S/C21H35N3O3/c1-3-12-25-16-19-9-6-5-8-18(19)15-24-21(22-4-2)23-11-7-13-27-20-10-14-26-17-20/h5-6,8-9,20H,3-4,7,10-17H2,1-2H3,(H2,22,23,24). The first-order valence-electron chi connectivity index (χ1n) is 10.2. The second-order valence-electron chi connectivity index (χ2n) is 6.65. The summed E-state index contributed by atoms with van der Waals surface area (Å²) in [6.45, 7) is 10.2. The average Bonchev–Trinajstić information content (AvgIpc) is 3.20. The highest BCUT2D eigenvalue weighted by Crippen LogP contribution is 2.12. The first kappa shape index (κ1) is 21.7. The zero-order valence-corrected chi connectivity index (χ0v) is 16.8. The van der Waals surface area contributed by atoms with Gasteiger partial charge in [-0.05, 0) is 37.3 Å². The van der Waals surface area contributed by atoms with Crippen LogP contribution in [0.25, 0.3) is 0 Å². The summed E-state index contributed by atoms with van der Waals surface area (Å²) in [7, 11) is 0. The molecule has 1 aromatic rings. The summed E-state index contributed by atoms with van der Waals surface area (Å²) in [6, 6.07) is 8.34. The Morgan fingerprint density at radius 3 is 2.78 bits per heavy atom. The molecule has 0 aromatic heterocycles. The zero-order chi connectivity index (χ0) is 19.2. The topological polar surface area (TPSA) is 64.1 Å². The van der Waals surface area contributed by atoms with Crippen molar-refractivity contribution in [1.29, 1.82) is 0 Å². The van der Waals surface area contributed by atoms with Crippen LogP contribution in [0.2, 0.25) is 0 Å². The second-order valence-corrected chi connectivity index (χ2v) is 6.65. The van der Waals surface area contributed by atoms with Crippen LogP contribution in [0.3, 0.4) is 0 Å². The van der Waals surface area contributed by atoms with E-state index in [0.717, 1.165) is 64.7 Å². The Bertz CT molecular complexity index is 545. The van der Waals surface area contributed by atoms with Gasteiger partial charge >= 0.3 is 0 Å². The molecule has 152 valence electrons. The number of nitrogens with zero attached hydrogens (tertiary/aromatic N) is 1. The van der Waals surface area contributed by atoms with Gasteiger partial charge in [-0.1, -0.05) is 31.2 Å². The highest BCUT2D eigenvalue weighted by molar-refractivity contribution is 5.79. The van der Waals surface area contributed by atoms with Crippen molar-refractivity contribution in [3.05, 3.63) is 35.4 Å². The van der Waals surface area contributed by atoms with Crippen LogP contribution >= 0.6 is 0 Å². The van der Waals surface area contributed by atoms with Crippen LogP contribution in [0.1, 0.15) is 44.2 Å². The Morgan fingerprint density at radius 2 is 2.04 bits per heavy atom. The van der Waals surface area contributed by atoms with Gasteiger partial charge in [0, 0.05) is 32.9 Å². The number of benzene rings is 1. The number of nitrogens with one attached hydrogen (secondary N) is 2. The number of rotatable bonds is 12. The molecule has 2 rings (SSSR count). The molecule has 1 heterocycles. The summed E-state index contributed by atoms with van der Waals surface area (Å²) in [5.41, 5.74) is 2.41. The van der Waals surface area contributed by atoms with Crippen molar-refractivity contribution in [1.82, 2.24) is 10.6 Å². The zero-order valence-electron chi connectivity index (χ0n) is 16.8. The third-order valence-electron chi connectivity index (χ3n) is 4.33. The monoisotopic (exact) mass is 377 g/mol. The van der Waals surface area contributed by atoms with E-state index in [-0.39, 0.29) is 6.10 Å². The van der Waals surface area contributed by atoms with Gasteiger partial charge in [-0.25, -0.2) is 4.99 Å². The minimum absolute atomic E-state index is 0.276. The van der Waals surface area contributed by atoms with Gasteiger partial charge in [-0.2, -0.15) is 0 Å². The Hall–Kier alpha value is -1.63. The maximum atomic E-state index is 5.80. The first-order chi connectivity index (χ1) is 13.3. The van der Waals surface area contributed by atoms with E-state index in [2.05, 4.69) is 48.7 Å². The molecule has 0 amide bonds. The van der Waals surface area contributed by atoms with E-state index in [4.69, 9.17) is 19.2 Å². The van der Waals surface area contributed by atoms with Gasteiger partial charge in [-0.15, -0.1) is 0 Å². The number of hydrogen-bond donors (Lipinski definition) is 2. The van der Waals surface area contributed by atoms with Crippen molar-refractivity contribution in [3.63, 3.8) is 0 Å². The molecule has 1 aliphatic heterocycles. The van der Waals surface area contributed by atoms with Crippen LogP contribution in [-0.4, -0.2) is 51.6 Å². The maximum absolute atomic E-state index is 5.80. The Kier molecular flexibility index (Phi) is 10.9. The molecule has 6 heteroatoms. The summed E-state index contributed by atoms with van der Waals surface area (Å²) in [5.74, 6) is 0.839. The lowest BCUT2D eigenvalue weighted by molar-refractivity contribution is 0.0420. The Balaban J connectivity index is 1.76.